The van der Waals surface area contributed by atoms with Crippen molar-refractivity contribution >= 4 is 27.3 Å². The summed E-state index contributed by atoms with van der Waals surface area (Å²) < 4.78 is 13.8. The third-order valence-corrected chi connectivity index (χ3v) is 4.36. The van der Waals surface area contributed by atoms with Gasteiger partial charge in [-0.2, -0.15) is 0 Å². The van der Waals surface area contributed by atoms with Crippen LogP contribution < -0.4 is 10.6 Å². The maximum absolute atomic E-state index is 13.4. The van der Waals surface area contributed by atoms with Crippen molar-refractivity contribution in [2.24, 2.45) is 5.92 Å². The standard InChI is InChI=1S/C13H18BrFN2/c1-8-4-3-5-17(9(8)2)13-6-10(14)11(15)7-12(13)16/h6-9H,3-5,16H2,1-2H3. The highest BCUT2D eigenvalue weighted by molar-refractivity contribution is 9.10. The highest BCUT2D eigenvalue weighted by Crippen LogP contribution is 2.35. The topological polar surface area (TPSA) is 29.3 Å². The molecule has 0 amide bonds. The average Bonchev–Trinajstić information content (AvgIpc) is 2.28. The smallest absolute Gasteiger partial charge is 0.139 e. The molecule has 0 bridgehead atoms. The molecule has 2 atom stereocenters. The Hall–Kier alpha value is -0.770. The maximum Gasteiger partial charge on any atom is 0.139 e. The fourth-order valence-corrected chi connectivity index (χ4v) is 2.81. The molecule has 4 heteroatoms. The SMILES string of the molecule is CC1CCCN(c2cc(Br)c(F)cc2N)C1C. The van der Waals surface area contributed by atoms with Gasteiger partial charge in [-0.15, -0.1) is 0 Å². The van der Waals surface area contributed by atoms with E-state index < -0.39 is 0 Å². The first-order valence-corrected chi connectivity index (χ1v) is 6.81. The van der Waals surface area contributed by atoms with Crippen LogP contribution in [0, 0.1) is 11.7 Å². The predicted molar refractivity (Wildman–Crippen MR) is 73.7 cm³/mol. The Morgan fingerprint density at radius 3 is 2.82 bits per heavy atom. The molecule has 1 aromatic rings. The average molecular weight is 301 g/mol. The van der Waals surface area contributed by atoms with Crippen molar-refractivity contribution in [1.82, 2.24) is 0 Å². The van der Waals surface area contributed by atoms with Crippen LogP contribution >= 0.6 is 15.9 Å². The molecule has 17 heavy (non-hydrogen) atoms. The maximum atomic E-state index is 13.4. The number of nitrogens with two attached hydrogens (primary N) is 1. The Morgan fingerprint density at radius 1 is 1.41 bits per heavy atom. The molecular weight excluding hydrogens is 283 g/mol. The molecule has 94 valence electrons. The van der Waals surface area contributed by atoms with Gasteiger partial charge in [-0.3, -0.25) is 0 Å². The van der Waals surface area contributed by atoms with E-state index >= 15 is 0 Å². The predicted octanol–water partition coefficient (Wildman–Crippen LogP) is 3.80. The molecule has 1 heterocycles. The Labute approximate surface area is 110 Å². The first kappa shape index (κ1) is 12.7. The van der Waals surface area contributed by atoms with Crippen molar-refractivity contribution in [3.63, 3.8) is 0 Å². The molecule has 0 aromatic heterocycles. The van der Waals surface area contributed by atoms with Crippen LogP contribution in [0.5, 0.6) is 0 Å². The molecule has 2 nitrogen and oxygen atoms in total. The van der Waals surface area contributed by atoms with E-state index in [1.54, 1.807) is 6.07 Å². The number of rotatable bonds is 1. The van der Waals surface area contributed by atoms with Gasteiger partial charge in [0, 0.05) is 18.7 Å². The fourth-order valence-electron chi connectivity index (χ4n) is 2.48. The van der Waals surface area contributed by atoms with Crippen molar-refractivity contribution in [2.45, 2.75) is 32.7 Å². The quantitative estimate of drug-likeness (QED) is 0.800. The molecule has 1 fully saturated rings. The Kier molecular flexibility index (Phi) is 3.61. The lowest BCUT2D eigenvalue weighted by Crippen LogP contribution is -2.42. The van der Waals surface area contributed by atoms with Crippen LogP contribution in [-0.2, 0) is 0 Å². The first-order valence-electron chi connectivity index (χ1n) is 6.02. The fraction of sp³-hybridized carbons (Fsp3) is 0.538. The van der Waals surface area contributed by atoms with Crippen LogP contribution in [0.1, 0.15) is 26.7 Å². The zero-order chi connectivity index (χ0) is 12.6. The number of hydrogen-bond donors (Lipinski definition) is 1. The number of nitrogen functional groups attached to an aromatic ring is 1. The summed E-state index contributed by atoms with van der Waals surface area (Å²) in [6.45, 7) is 5.46. The molecule has 2 unspecified atom stereocenters. The summed E-state index contributed by atoms with van der Waals surface area (Å²) in [5, 5.41) is 0. The zero-order valence-corrected chi connectivity index (χ0v) is 11.8. The normalized spacial score (nSPS) is 25.1. The molecule has 0 aliphatic carbocycles. The number of piperidine rings is 1. The summed E-state index contributed by atoms with van der Waals surface area (Å²) >= 11 is 3.22. The largest absolute Gasteiger partial charge is 0.397 e. The van der Waals surface area contributed by atoms with Gasteiger partial charge in [0.1, 0.15) is 5.82 Å². The molecule has 1 aromatic carbocycles. The first-order chi connectivity index (χ1) is 8.00. The minimum atomic E-state index is -0.302. The zero-order valence-electron chi connectivity index (χ0n) is 10.2. The monoisotopic (exact) mass is 300 g/mol. The van der Waals surface area contributed by atoms with Crippen LogP contribution in [0.3, 0.4) is 0 Å². The molecule has 1 aliphatic heterocycles. The molecular formula is C13H18BrFN2. The lowest BCUT2D eigenvalue weighted by Gasteiger charge is -2.40. The van der Waals surface area contributed by atoms with Gasteiger partial charge in [-0.25, -0.2) is 4.39 Å². The summed E-state index contributed by atoms with van der Waals surface area (Å²) in [5.41, 5.74) is 7.39. The van der Waals surface area contributed by atoms with Gasteiger partial charge in [0.05, 0.1) is 15.8 Å². The van der Waals surface area contributed by atoms with Crippen molar-refractivity contribution in [3.05, 3.63) is 22.4 Å². The minimum absolute atomic E-state index is 0.302. The van der Waals surface area contributed by atoms with Gasteiger partial charge in [-0.05, 0) is 47.7 Å². The Balaban J connectivity index is 2.36. The van der Waals surface area contributed by atoms with E-state index in [0.717, 1.165) is 12.2 Å². The Morgan fingerprint density at radius 2 is 2.12 bits per heavy atom. The second kappa shape index (κ2) is 4.84. The third kappa shape index (κ3) is 2.41. The third-order valence-electron chi connectivity index (χ3n) is 3.75. The summed E-state index contributed by atoms with van der Waals surface area (Å²) in [6.07, 6.45) is 2.42. The van der Waals surface area contributed by atoms with E-state index in [2.05, 4.69) is 34.7 Å². The van der Waals surface area contributed by atoms with Crippen LogP contribution in [-0.4, -0.2) is 12.6 Å². The van der Waals surface area contributed by atoms with Crippen LogP contribution in [0.2, 0.25) is 0 Å². The second-order valence-corrected chi connectivity index (χ2v) is 5.73. The highest BCUT2D eigenvalue weighted by atomic mass is 79.9. The number of hydrogen-bond acceptors (Lipinski definition) is 2. The number of benzene rings is 1. The van der Waals surface area contributed by atoms with E-state index in [0.29, 0.717) is 22.1 Å². The Bertz CT molecular complexity index is 422. The van der Waals surface area contributed by atoms with Gasteiger partial charge >= 0.3 is 0 Å². The lowest BCUT2D eigenvalue weighted by molar-refractivity contribution is 0.364. The molecule has 0 saturated carbocycles. The summed E-state index contributed by atoms with van der Waals surface area (Å²) in [5.74, 6) is 0.343. The van der Waals surface area contributed by atoms with E-state index in [1.807, 2.05) is 0 Å². The molecule has 1 aliphatic rings. The summed E-state index contributed by atoms with van der Waals surface area (Å²) in [7, 11) is 0. The van der Waals surface area contributed by atoms with Gasteiger partial charge in [0.2, 0.25) is 0 Å². The molecule has 2 N–H and O–H groups in total. The van der Waals surface area contributed by atoms with Gasteiger partial charge in [0.15, 0.2) is 0 Å². The minimum Gasteiger partial charge on any atom is -0.397 e. The van der Waals surface area contributed by atoms with Crippen molar-refractivity contribution in [1.29, 1.82) is 0 Å². The van der Waals surface area contributed by atoms with Crippen molar-refractivity contribution < 1.29 is 4.39 Å². The van der Waals surface area contributed by atoms with Gasteiger partial charge in [-0.1, -0.05) is 6.92 Å². The van der Waals surface area contributed by atoms with Gasteiger partial charge in [0.25, 0.3) is 0 Å². The van der Waals surface area contributed by atoms with Crippen molar-refractivity contribution in [2.75, 3.05) is 17.2 Å². The molecule has 2 rings (SSSR count). The van der Waals surface area contributed by atoms with E-state index in [4.69, 9.17) is 5.73 Å². The van der Waals surface area contributed by atoms with Crippen LogP contribution in [0.4, 0.5) is 15.8 Å². The summed E-state index contributed by atoms with van der Waals surface area (Å²) in [4.78, 5) is 2.29. The van der Waals surface area contributed by atoms with Crippen LogP contribution in [0.15, 0.2) is 16.6 Å². The number of nitrogens with zero attached hydrogens (tertiary/aromatic N) is 1. The lowest BCUT2D eigenvalue weighted by atomic mass is 9.91. The highest BCUT2D eigenvalue weighted by Gasteiger charge is 2.26. The molecule has 1 saturated heterocycles. The van der Waals surface area contributed by atoms with Crippen molar-refractivity contribution in [3.8, 4) is 0 Å². The van der Waals surface area contributed by atoms with E-state index in [9.17, 15) is 4.39 Å². The van der Waals surface area contributed by atoms with E-state index in [1.165, 1.54) is 18.9 Å². The number of halogens is 2. The summed E-state index contributed by atoms with van der Waals surface area (Å²) in [6, 6.07) is 3.63. The van der Waals surface area contributed by atoms with Gasteiger partial charge < -0.3 is 10.6 Å². The van der Waals surface area contributed by atoms with Crippen LogP contribution in [0.25, 0.3) is 0 Å². The van der Waals surface area contributed by atoms with E-state index in [-0.39, 0.29) is 5.82 Å². The second-order valence-electron chi connectivity index (χ2n) is 4.88. The molecule has 0 spiro atoms. The number of anilines is 2. The molecule has 0 radical (unpaired) electrons.